The van der Waals surface area contributed by atoms with Crippen LogP contribution >= 0.6 is 0 Å². The summed E-state index contributed by atoms with van der Waals surface area (Å²) in [6.45, 7) is 4.54. The van der Waals surface area contributed by atoms with Crippen LogP contribution in [0.1, 0.15) is 37.3 Å². The van der Waals surface area contributed by atoms with Gasteiger partial charge >= 0.3 is 0 Å². The van der Waals surface area contributed by atoms with E-state index in [4.69, 9.17) is 15.2 Å². The third kappa shape index (κ3) is 3.82. The van der Waals surface area contributed by atoms with Crippen LogP contribution in [0.3, 0.4) is 0 Å². The summed E-state index contributed by atoms with van der Waals surface area (Å²) in [4.78, 5) is 6.81. The van der Waals surface area contributed by atoms with Crippen LogP contribution < -0.4 is 5.73 Å². The zero-order valence-electron chi connectivity index (χ0n) is 21.4. The van der Waals surface area contributed by atoms with E-state index in [1.165, 1.54) is 11.9 Å². The molecule has 3 aliphatic rings. The van der Waals surface area contributed by atoms with Crippen LogP contribution in [-0.4, -0.2) is 80.0 Å². The van der Waals surface area contributed by atoms with Gasteiger partial charge in [-0.3, -0.25) is 9.58 Å². The molecule has 1 aromatic carbocycles. The molecule has 3 fully saturated rings. The average Bonchev–Trinajstić information content (AvgIpc) is 3.56. The Morgan fingerprint density at radius 2 is 1.76 bits per heavy atom. The van der Waals surface area contributed by atoms with Crippen molar-refractivity contribution in [3.63, 3.8) is 0 Å². The quantitative estimate of drug-likeness (QED) is 0.417. The number of fused-ring (bicyclic) bond motifs is 1. The molecule has 0 saturated carbocycles. The van der Waals surface area contributed by atoms with E-state index in [9.17, 15) is 5.11 Å². The van der Waals surface area contributed by atoms with Crippen molar-refractivity contribution in [3.8, 4) is 22.5 Å². The van der Waals surface area contributed by atoms with Crippen molar-refractivity contribution in [2.75, 3.05) is 45.3 Å². The van der Waals surface area contributed by atoms with E-state index in [1.807, 2.05) is 16.8 Å². The highest BCUT2D eigenvalue weighted by Crippen LogP contribution is 2.41. The maximum absolute atomic E-state index is 10.1. The Bertz CT molecular complexity index is 1450. The summed E-state index contributed by atoms with van der Waals surface area (Å²) in [5.41, 5.74) is 12.3. The summed E-state index contributed by atoms with van der Waals surface area (Å²) in [6, 6.07) is 13.2. The normalized spacial score (nSPS) is 21.1. The largest absolute Gasteiger partial charge is 0.393 e. The molecule has 7 rings (SSSR count). The van der Waals surface area contributed by atoms with Gasteiger partial charge in [-0.1, -0.05) is 18.2 Å². The molecule has 0 amide bonds. The van der Waals surface area contributed by atoms with Crippen molar-refractivity contribution in [2.45, 2.75) is 43.4 Å². The third-order valence-corrected chi connectivity index (χ3v) is 8.51. The van der Waals surface area contributed by atoms with E-state index >= 15 is 0 Å². The first-order valence-corrected chi connectivity index (χ1v) is 13.5. The van der Waals surface area contributed by atoms with E-state index in [0.717, 1.165) is 80.0 Å². The second-order valence-electron chi connectivity index (χ2n) is 10.7. The minimum Gasteiger partial charge on any atom is -0.393 e. The van der Waals surface area contributed by atoms with Gasteiger partial charge in [0.15, 0.2) is 5.82 Å². The summed E-state index contributed by atoms with van der Waals surface area (Å²) in [5.74, 6) is 0.438. The van der Waals surface area contributed by atoms with E-state index < -0.39 is 0 Å². The van der Waals surface area contributed by atoms with Gasteiger partial charge in [0.2, 0.25) is 0 Å². The van der Waals surface area contributed by atoms with E-state index in [2.05, 4.69) is 55.1 Å². The SMILES string of the molecule is Nc1ncnn2c(-c3cccc(C4(N5CCC(O)CC5)COC4)c3)cc(-c3ccnn3C3CCOCC3)c12. The van der Waals surface area contributed by atoms with Crippen molar-refractivity contribution in [3.05, 3.63) is 54.5 Å². The van der Waals surface area contributed by atoms with Crippen molar-refractivity contribution in [2.24, 2.45) is 0 Å². The molecule has 0 spiro atoms. The number of likely N-dealkylation sites (tertiary alicyclic amines) is 1. The Balaban J connectivity index is 1.32. The second-order valence-corrected chi connectivity index (χ2v) is 10.7. The standard InChI is InChI=1S/C28H33N7O3/c29-27-26-23(24-4-9-31-34(24)21-7-12-37-13-8-21)15-25(35(26)32-18-30-27)19-2-1-3-20(14-19)28(16-38-17-28)33-10-5-22(36)6-11-33/h1-4,9,14-15,18,21-22,36H,5-8,10-13,16-17H2,(H2,29,30,32). The molecule has 198 valence electrons. The Morgan fingerprint density at radius 3 is 2.53 bits per heavy atom. The van der Waals surface area contributed by atoms with Crippen LogP contribution in [0, 0.1) is 0 Å². The molecule has 0 unspecified atom stereocenters. The first-order chi connectivity index (χ1) is 18.6. The van der Waals surface area contributed by atoms with E-state index in [1.54, 1.807) is 0 Å². The van der Waals surface area contributed by atoms with Gasteiger partial charge in [-0.05, 0) is 49.4 Å². The number of aliphatic hydroxyl groups is 1. The summed E-state index contributed by atoms with van der Waals surface area (Å²) >= 11 is 0. The predicted octanol–water partition coefficient (Wildman–Crippen LogP) is 2.88. The number of piperidine rings is 1. The van der Waals surface area contributed by atoms with Crippen LogP contribution in [0.15, 0.2) is 48.9 Å². The van der Waals surface area contributed by atoms with Gasteiger partial charge in [-0.25, -0.2) is 9.50 Å². The molecule has 0 radical (unpaired) electrons. The molecular weight excluding hydrogens is 482 g/mol. The topological polar surface area (TPSA) is 116 Å². The lowest BCUT2D eigenvalue weighted by Gasteiger charge is -2.52. The summed E-state index contributed by atoms with van der Waals surface area (Å²) in [5, 5.41) is 19.4. The lowest BCUT2D eigenvalue weighted by Crippen LogP contribution is -2.61. The number of hydrogen-bond donors (Lipinski definition) is 2. The molecule has 4 aromatic rings. The number of anilines is 1. The molecule has 0 aliphatic carbocycles. The summed E-state index contributed by atoms with van der Waals surface area (Å²) < 4.78 is 15.4. The fraction of sp³-hybridized carbons (Fsp3) is 0.464. The molecule has 3 aromatic heterocycles. The van der Waals surface area contributed by atoms with Crippen LogP contribution in [-0.2, 0) is 15.0 Å². The number of benzene rings is 1. The summed E-state index contributed by atoms with van der Waals surface area (Å²) in [7, 11) is 0. The Morgan fingerprint density at radius 1 is 0.947 bits per heavy atom. The molecule has 0 atom stereocenters. The zero-order chi connectivity index (χ0) is 25.7. The van der Waals surface area contributed by atoms with Crippen LogP contribution in [0.5, 0.6) is 0 Å². The van der Waals surface area contributed by atoms with Crippen LogP contribution in [0.25, 0.3) is 28.0 Å². The van der Waals surface area contributed by atoms with Crippen molar-refractivity contribution in [1.29, 1.82) is 0 Å². The van der Waals surface area contributed by atoms with Gasteiger partial charge in [0.1, 0.15) is 11.8 Å². The Hall–Kier alpha value is -3.31. The highest BCUT2D eigenvalue weighted by molar-refractivity contribution is 5.91. The zero-order valence-corrected chi connectivity index (χ0v) is 21.4. The highest BCUT2D eigenvalue weighted by Gasteiger charge is 2.46. The average molecular weight is 516 g/mol. The first kappa shape index (κ1) is 23.8. The molecule has 10 nitrogen and oxygen atoms in total. The predicted molar refractivity (Wildman–Crippen MR) is 142 cm³/mol. The number of nitrogens with two attached hydrogens (primary N) is 1. The first-order valence-electron chi connectivity index (χ1n) is 13.5. The molecule has 3 N–H and O–H groups in total. The fourth-order valence-electron chi connectivity index (χ4n) is 6.31. The third-order valence-electron chi connectivity index (χ3n) is 8.51. The van der Waals surface area contributed by atoms with Crippen LogP contribution in [0.2, 0.25) is 0 Å². The molecule has 3 aliphatic heterocycles. The van der Waals surface area contributed by atoms with Gasteiger partial charge < -0.3 is 20.3 Å². The van der Waals surface area contributed by atoms with Crippen molar-refractivity contribution >= 4 is 11.3 Å². The Kier molecular flexibility index (Phi) is 5.92. The highest BCUT2D eigenvalue weighted by atomic mass is 16.5. The number of hydrogen-bond acceptors (Lipinski definition) is 8. The molecule has 3 saturated heterocycles. The van der Waals surface area contributed by atoms with Crippen LogP contribution in [0.4, 0.5) is 5.82 Å². The number of rotatable bonds is 5. The van der Waals surface area contributed by atoms with Gasteiger partial charge in [-0.15, -0.1) is 0 Å². The minimum absolute atomic E-state index is 0.165. The maximum atomic E-state index is 10.1. The van der Waals surface area contributed by atoms with E-state index in [-0.39, 0.29) is 17.7 Å². The summed E-state index contributed by atoms with van der Waals surface area (Å²) in [6.07, 6.45) is 6.61. The van der Waals surface area contributed by atoms with Gasteiger partial charge in [0, 0.05) is 43.6 Å². The number of ether oxygens (including phenoxy) is 2. The molecule has 6 heterocycles. The van der Waals surface area contributed by atoms with Crippen molar-refractivity contribution in [1.82, 2.24) is 29.3 Å². The minimum atomic E-state index is -0.208. The lowest BCUT2D eigenvalue weighted by atomic mass is 9.83. The van der Waals surface area contributed by atoms with E-state index in [0.29, 0.717) is 19.0 Å². The molecule has 0 bridgehead atoms. The van der Waals surface area contributed by atoms with Crippen molar-refractivity contribution < 1.29 is 14.6 Å². The monoisotopic (exact) mass is 515 g/mol. The molecule has 10 heteroatoms. The lowest BCUT2D eigenvalue weighted by molar-refractivity contribution is -0.157. The Labute approximate surface area is 221 Å². The number of nitrogen functional groups attached to an aromatic ring is 1. The number of nitrogens with zero attached hydrogens (tertiary/aromatic N) is 6. The number of aliphatic hydroxyl groups excluding tert-OH is 1. The molecular formula is C28H33N7O3. The van der Waals surface area contributed by atoms with Gasteiger partial charge in [0.25, 0.3) is 0 Å². The maximum Gasteiger partial charge on any atom is 0.152 e. The molecule has 38 heavy (non-hydrogen) atoms. The van der Waals surface area contributed by atoms with Gasteiger partial charge in [-0.2, -0.15) is 10.2 Å². The fourth-order valence-corrected chi connectivity index (χ4v) is 6.31. The smallest absolute Gasteiger partial charge is 0.152 e. The van der Waals surface area contributed by atoms with Gasteiger partial charge in [0.05, 0.1) is 42.3 Å². The second kappa shape index (κ2) is 9.46. The number of aromatic nitrogens is 5.